The molecular formula is C21H14BrFNO+. The zero-order valence-electron chi connectivity index (χ0n) is 13.5. The van der Waals surface area contributed by atoms with Gasteiger partial charge in [0.1, 0.15) is 24.4 Å². The Morgan fingerprint density at radius 2 is 1.88 bits per heavy atom. The number of fused-ring (bicyclic) bond motifs is 4. The van der Waals surface area contributed by atoms with Gasteiger partial charge in [0.05, 0.1) is 16.3 Å². The first-order valence-corrected chi connectivity index (χ1v) is 9.20. The first-order chi connectivity index (χ1) is 12.2. The van der Waals surface area contributed by atoms with Crippen molar-refractivity contribution in [1.82, 2.24) is 0 Å². The predicted molar refractivity (Wildman–Crippen MR) is 101 cm³/mol. The van der Waals surface area contributed by atoms with Gasteiger partial charge in [0.25, 0.3) is 0 Å². The third-order valence-electron chi connectivity index (χ3n) is 4.88. The van der Waals surface area contributed by atoms with E-state index in [0.29, 0.717) is 5.75 Å². The molecule has 0 N–H and O–H groups in total. The van der Waals surface area contributed by atoms with E-state index in [0.717, 1.165) is 44.0 Å². The summed E-state index contributed by atoms with van der Waals surface area (Å²) in [5.41, 5.74) is 4.11. The highest BCUT2D eigenvalue weighted by Gasteiger charge is 2.30. The summed E-state index contributed by atoms with van der Waals surface area (Å²) >= 11 is 3.53. The SMILES string of the molecule is C[n+]1c2c3c(cccc3c3ccc(CBr)cc31)Oc1ccc(F)cc1-2. The van der Waals surface area contributed by atoms with E-state index in [1.807, 2.05) is 19.2 Å². The first kappa shape index (κ1) is 14.8. The maximum atomic E-state index is 13.9. The number of hydrogen-bond acceptors (Lipinski definition) is 1. The van der Waals surface area contributed by atoms with Crippen molar-refractivity contribution in [3.8, 4) is 22.8 Å². The first-order valence-electron chi connectivity index (χ1n) is 8.08. The second kappa shape index (κ2) is 5.27. The Hall–Kier alpha value is -2.46. The van der Waals surface area contributed by atoms with Crippen LogP contribution in [0.15, 0.2) is 54.6 Å². The van der Waals surface area contributed by atoms with E-state index in [-0.39, 0.29) is 5.82 Å². The maximum absolute atomic E-state index is 13.9. The largest absolute Gasteiger partial charge is 0.456 e. The van der Waals surface area contributed by atoms with Crippen molar-refractivity contribution in [2.24, 2.45) is 7.05 Å². The number of rotatable bonds is 1. The van der Waals surface area contributed by atoms with Gasteiger partial charge in [-0.2, -0.15) is 4.57 Å². The standard InChI is InChI=1S/C21H14BrFNO/c1-24-17-9-12(11-22)5-7-14(17)15-3-2-4-19-20(15)21(24)16-10-13(23)6-8-18(16)25-19/h2-10H,11H2,1H3/q+1. The number of aryl methyl sites for hydroxylation is 1. The van der Waals surface area contributed by atoms with Crippen LogP contribution in [0, 0.1) is 5.82 Å². The van der Waals surface area contributed by atoms with Crippen LogP contribution in [0.25, 0.3) is 32.9 Å². The Bertz CT molecular complexity index is 1190. The van der Waals surface area contributed by atoms with E-state index < -0.39 is 0 Å². The molecule has 1 aliphatic heterocycles. The van der Waals surface area contributed by atoms with Crippen LogP contribution in [-0.2, 0) is 12.4 Å². The molecule has 4 aromatic rings. The number of ether oxygens (including phenoxy) is 1. The molecule has 122 valence electrons. The summed E-state index contributed by atoms with van der Waals surface area (Å²) in [4.78, 5) is 0. The molecule has 1 aliphatic rings. The molecule has 2 heterocycles. The lowest BCUT2D eigenvalue weighted by Gasteiger charge is -2.20. The smallest absolute Gasteiger partial charge is 0.228 e. The third-order valence-corrected chi connectivity index (χ3v) is 5.53. The maximum Gasteiger partial charge on any atom is 0.228 e. The number of hydrogen-bond donors (Lipinski definition) is 0. The quantitative estimate of drug-likeness (QED) is 0.204. The van der Waals surface area contributed by atoms with Crippen molar-refractivity contribution in [3.63, 3.8) is 0 Å². The van der Waals surface area contributed by atoms with Gasteiger partial charge in [-0.15, -0.1) is 0 Å². The molecule has 25 heavy (non-hydrogen) atoms. The van der Waals surface area contributed by atoms with Crippen LogP contribution in [0.3, 0.4) is 0 Å². The fourth-order valence-corrected chi connectivity index (χ4v) is 4.10. The molecule has 0 fully saturated rings. The summed E-state index contributed by atoms with van der Waals surface area (Å²) in [5, 5.41) is 4.11. The molecule has 3 aromatic carbocycles. The van der Waals surface area contributed by atoms with Crippen molar-refractivity contribution in [1.29, 1.82) is 0 Å². The zero-order valence-corrected chi connectivity index (χ0v) is 15.1. The summed E-state index contributed by atoms with van der Waals surface area (Å²) in [6, 6.07) is 17.2. The van der Waals surface area contributed by atoms with E-state index in [1.54, 1.807) is 12.1 Å². The van der Waals surface area contributed by atoms with E-state index in [2.05, 4.69) is 44.8 Å². The summed E-state index contributed by atoms with van der Waals surface area (Å²) in [5.74, 6) is 1.24. The molecular weight excluding hydrogens is 381 g/mol. The average Bonchev–Trinajstić information content (AvgIpc) is 2.64. The van der Waals surface area contributed by atoms with Gasteiger partial charge in [0, 0.05) is 16.8 Å². The number of aromatic nitrogens is 1. The number of nitrogens with zero attached hydrogens (tertiary/aromatic N) is 1. The molecule has 0 radical (unpaired) electrons. The highest BCUT2D eigenvalue weighted by Crippen LogP contribution is 2.46. The molecule has 2 nitrogen and oxygen atoms in total. The van der Waals surface area contributed by atoms with Crippen LogP contribution >= 0.6 is 15.9 Å². The van der Waals surface area contributed by atoms with Crippen LogP contribution < -0.4 is 9.30 Å². The summed E-state index contributed by atoms with van der Waals surface area (Å²) in [7, 11) is 2.03. The van der Waals surface area contributed by atoms with E-state index in [9.17, 15) is 4.39 Å². The topological polar surface area (TPSA) is 13.1 Å². The number of pyridine rings is 1. The lowest BCUT2D eigenvalue weighted by atomic mass is 9.95. The van der Waals surface area contributed by atoms with Crippen LogP contribution in [0.4, 0.5) is 4.39 Å². The molecule has 0 amide bonds. The van der Waals surface area contributed by atoms with Gasteiger partial charge in [0.15, 0.2) is 0 Å². The average molecular weight is 395 g/mol. The fraction of sp³-hybridized carbons (Fsp3) is 0.0952. The zero-order chi connectivity index (χ0) is 17.1. The molecule has 0 aliphatic carbocycles. The normalized spacial score (nSPS) is 12.3. The molecule has 5 rings (SSSR count). The van der Waals surface area contributed by atoms with Crippen LogP contribution in [0.2, 0.25) is 0 Å². The lowest BCUT2D eigenvalue weighted by molar-refractivity contribution is -0.632. The Balaban J connectivity index is 2.03. The van der Waals surface area contributed by atoms with Gasteiger partial charge >= 0.3 is 0 Å². The molecule has 0 atom stereocenters. The van der Waals surface area contributed by atoms with Crippen molar-refractivity contribution >= 4 is 37.6 Å². The predicted octanol–water partition coefficient (Wildman–Crippen LogP) is 5.62. The highest BCUT2D eigenvalue weighted by atomic mass is 79.9. The Kier molecular flexibility index (Phi) is 3.13. The summed E-state index contributed by atoms with van der Waals surface area (Å²) < 4.78 is 22.2. The fourth-order valence-electron chi connectivity index (χ4n) is 3.75. The van der Waals surface area contributed by atoms with Gasteiger partial charge in [-0.25, -0.2) is 4.39 Å². The minimum Gasteiger partial charge on any atom is -0.456 e. The lowest BCUT2D eigenvalue weighted by Crippen LogP contribution is -2.33. The van der Waals surface area contributed by atoms with Crippen molar-refractivity contribution in [2.75, 3.05) is 0 Å². The van der Waals surface area contributed by atoms with Gasteiger partial charge in [-0.05, 0) is 35.9 Å². The molecule has 0 unspecified atom stereocenters. The van der Waals surface area contributed by atoms with Crippen LogP contribution in [-0.4, -0.2) is 0 Å². The Morgan fingerprint density at radius 1 is 1.00 bits per heavy atom. The summed E-state index contributed by atoms with van der Waals surface area (Å²) in [6.45, 7) is 0. The minimum atomic E-state index is -0.260. The van der Waals surface area contributed by atoms with Gasteiger partial charge < -0.3 is 4.74 Å². The Labute approximate surface area is 152 Å². The van der Waals surface area contributed by atoms with Crippen LogP contribution in [0.5, 0.6) is 11.5 Å². The van der Waals surface area contributed by atoms with Crippen LogP contribution in [0.1, 0.15) is 5.56 Å². The van der Waals surface area contributed by atoms with Gasteiger partial charge in [-0.3, -0.25) is 0 Å². The Morgan fingerprint density at radius 3 is 2.72 bits per heavy atom. The highest BCUT2D eigenvalue weighted by molar-refractivity contribution is 9.08. The molecule has 1 aromatic heterocycles. The molecule has 0 bridgehead atoms. The second-order valence-corrected chi connectivity index (χ2v) is 6.87. The molecule has 4 heteroatoms. The van der Waals surface area contributed by atoms with E-state index in [4.69, 9.17) is 4.74 Å². The minimum absolute atomic E-state index is 0.260. The monoisotopic (exact) mass is 394 g/mol. The molecule has 0 spiro atoms. The van der Waals surface area contributed by atoms with E-state index >= 15 is 0 Å². The molecule has 0 saturated carbocycles. The van der Waals surface area contributed by atoms with Crippen molar-refractivity contribution in [3.05, 3.63) is 66.0 Å². The summed E-state index contributed by atoms with van der Waals surface area (Å²) in [6.07, 6.45) is 0. The van der Waals surface area contributed by atoms with Gasteiger partial charge in [0.2, 0.25) is 11.2 Å². The number of alkyl halides is 1. The number of benzene rings is 3. The second-order valence-electron chi connectivity index (χ2n) is 6.31. The van der Waals surface area contributed by atoms with E-state index in [1.165, 1.54) is 11.6 Å². The van der Waals surface area contributed by atoms with Crippen molar-refractivity contribution in [2.45, 2.75) is 5.33 Å². The number of halogens is 2. The third kappa shape index (κ3) is 2.04. The molecule has 0 saturated heterocycles. The van der Waals surface area contributed by atoms with Crippen molar-refractivity contribution < 1.29 is 13.7 Å². The van der Waals surface area contributed by atoms with Gasteiger partial charge in [-0.1, -0.05) is 34.1 Å².